The van der Waals surface area contributed by atoms with Gasteiger partial charge in [0.1, 0.15) is 11.2 Å². The topological polar surface area (TPSA) is 32.9 Å². The van der Waals surface area contributed by atoms with Gasteiger partial charge in [-0.15, -0.1) is 11.3 Å². The van der Waals surface area contributed by atoms with Crippen LogP contribution in [-0.2, 0) is 10.8 Å². The molecule has 0 saturated heterocycles. The number of thiophene rings is 1. The third kappa shape index (κ3) is 11.8. The number of nitrogens with zero attached hydrogens (tertiary/aromatic N) is 4. The summed E-state index contributed by atoms with van der Waals surface area (Å²) < 4.78 is 18.9. The Balaban J connectivity index is 0.000000128. The van der Waals surface area contributed by atoms with Crippen molar-refractivity contribution < 1.29 is 4.42 Å². The molecule has 0 amide bonds. The van der Waals surface area contributed by atoms with Crippen LogP contribution in [0.5, 0.6) is 0 Å². The molecule has 10 aliphatic rings. The molecule has 692 valence electrons. The smallest absolute Gasteiger partial charge is 0.137 e. The number of furan rings is 1. The number of para-hydroxylation sites is 5. The van der Waals surface area contributed by atoms with E-state index in [0.717, 1.165) is 86.3 Å². The zero-order valence-electron chi connectivity index (χ0n) is 80.9. The van der Waals surface area contributed by atoms with E-state index in [0.29, 0.717) is 0 Å². The van der Waals surface area contributed by atoms with Crippen LogP contribution in [0.2, 0.25) is 0 Å². The van der Waals surface area contributed by atoms with Gasteiger partial charge in [-0.25, -0.2) is 0 Å². The lowest BCUT2D eigenvalue weighted by Gasteiger charge is -2.61. The minimum atomic E-state index is 0.155. The van der Waals surface area contributed by atoms with Crippen LogP contribution in [-0.4, -0.2) is 18.3 Å². The first-order chi connectivity index (χ1) is 72.2. The molecular weight excluding hydrogens is 1790 g/mol. The molecule has 0 radical (unpaired) electrons. The van der Waals surface area contributed by atoms with Crippen molar-refractivity contribution in [2.24, 2.45) is 47.3 Å². The maximum atomic E-state index is 6.42. The van der Waals surface area contributed by atoms with E-state index in [1.165, 1.54) is 266 Å². The van der Waals surface area contributed by atoms with Crippen molar-refractivity contribution in [1.82, 2.24) is 18.3 Å². The molecule has 6 heteroatoms. The molecule has 8 saturated carbocycles. The van der Waals surface area contributed by atoms with E-state index in [4.69, 9.17) is 4.42 Å². The van der Waals surface area contributed by atoms with Crippen molar-refractivity contribution in [2.45, 2.75) is 75.0 Å². The summed E-state index contributed by atoms with van der Waals surface area (Å²) >= 11 is 1.88. The molecule has 0 unspecified atom stereocenters. The van der Waals surface area contributed by atoms with E-state index < -0.39 is 0 Å². The molecular formula is C140H100N4OS. The predicted molar refractivity (Wildman–Crippen MR) is 610 cm³/mol. The zero-order valence-corrected chi connectivity index (χ0v) is 81.7. The highest BCUT2D eigenvalue weighted by molar-refractivity contribution is 7.25. The van der Waals surface area contributed by atoms with Gasteiger partial charge >= 0.3 is 0 Å². The Bertz CT molecular complexity index is 10000. The second-order valence-corrected chi connectivity index (χ2v) is 45.2. The SMILES string of the molecule is c1cc(-c2ccc(-c3ccc4c(c3)C3(c5ccccc5-4)C4CC5CC(C4)CC3C5)cc2)cc(-n2c3ccccc3c3ccc(-c4ccc5c6ccccc6n(-c6ccc7c(c6)sc6ccccc67)c5c4)cc32)c1.c1cc(-c2cccc(-n3c4ccccc4c4ccc(-c5ccc6c7ccccc7n(-c7ccc8c(c7)oc7ccccc78)c6c5)cc43)c2)cc(-c2ccc3c(c2)C2(c4ccccc4-3)C3CC4CC(C3)CC2C4)c1. The summed E-state index contributed by atoms with van der Waals surface area (Å²) in [5.41, 5.74) is 43.7. The first kappa shape index (κ1) is 82.1. The zero-order chi connectivity index (χ0) is 95.0. The number of aromatic nitrogens is 4. The Morgan fingerprint density at radius 3 is 0.925 bits per heavy atom. The fourth-order valence-electron chi connectivity index (χ4n) is 31.5. The van der Waals surface area contributed by atoms with Gasteiger partial charge in [-0.3, -0.25) is 0 Å². The van der Waals surface area contributed by atoms with Gasteiger partial charge in [-0.1, -0.05) is 303 Å². The van der Waals surface area contributed by atoms with E-state index >= 15 is 0 Å². The Kier molecular flexibility index (Phi) is 17.5. The lowest BCUT2D eigenvalue weighted by atomic mass is 9.43. The Morgan fingerprint density at radius 2 is 0.473 bits per heavy atom. The van der Waals surface area contributed by atoms with Crippen LogP contribution < -0.4 is 0 Å². The van der Waals surface area contributed by atoms with Gasteiger partial charge in [-0.05, 0) is 350 Å². The third-order valence-electron chi connectivity index (χ3n) is 37.0. The Hall–Kier alpha value is -16.4. The number of rotatable bonds is 10. The summed E-state index contributed by atoms with van der Waals surface area (Å²) in [6, 6.07) is 165. The quantitative estimate of drug-likeness (QED) is 0.134. The van der Waals surface area contributed by atoms with Gasteiger partial charge < -0.3 is 22.7 Å². The number of hydrogen-bond donors (Lipinski definition) is 0. The van der Waals surface area contributed by atoms with Gasteiger partial charge in [0.25, 0.3) is 0 Å². The van der Waals surface area contributed by atoms with Gasteiger partial charge in [0.2, 0.25) is 0 Å². The highest BCUT2D eigenvalue weighted by Gasteiger charge is 2.63. The summed E-state index contributed by atoms with van der Waals surface area (Å²) in [5.74, 6) is 6.76. The largest absolute Gasteiger partial charge is 0.456 e. The molecule has 5 nitrogen and oxygen atoms in total. The molecule has 146 heavy (non-hydrogen) atoms. The van der Waals surface area contributed by atoms with Crippen molar-refractivity contribution in [3.63, 3.8) is 0 Å². The minimum absolute atomic E-state index is 0.155. The van der Waals surface area contributed by atoms with Crippen LogP contribution in [0.1, 0.15) is 86.5 Å². The van der Waals surface area contributed by atoms with E-state index in [1.807, 2.05) is 17.4 Å². The number of fused-ring (bicyclic) bond motifs is 24. The summed E-state index contributed by atoms with van der Waals surface area (Å²) in [5, 5.41) is 14.9. The Labute approximate surface area is 850 Å². The standard InChI is InChI=1S/C70H50N2O.C70H50N2S/c1-5-19-62-54(15-1)55-27-23-47(38-63(55)70(62)50-32-42-31-43(34-50)35-51(70)33-42)45-12-9-11-44(36-45)46-13-10-14-52(37-46)71-64-20-6-2-16-56(64)58-28-24-48(39-66(58)71)49-25-29-59-57-17-3-7-21-65(57)72(67(59)40-49)53-26-30-61-60-18-4-8-22-68(60)73-69(61)41-53;1-5-16-62-54(12-1)55-28-24-47(38-63(55)70(62)50-33-42-32-43(35-50)36-51(70)34-42)45-22-20-44(21-23-45)46-10-9-11-52(37-46)71-64-17-6-2-13-56(64)58-29-25-48(39-66(58)71)49-26-30-59-57-14-3-7-18-65(57)72(67(59)40-49)53-27-31-61-60-15-4-8-19-68(60)73-69(61)41-53/h1-30,36-43,50-51H,31-35H2;1-31,37-43,50-51H,32-36H2. The fraction of sp³-hybridized carbons (Fsp3) is 0.143. The molecule has 0 N–H and O–H groups in total. The average molecular weight is 1890 g/mol. The summed E-state index contributed by atoms with van der Waals surface area (Å²) in [6.45, 7) is 0. The molecule has 8 fully saturated rings. The van der Waals surface area contributed by atoms with Crippen LogP contribution in [0, 0.1) is 47.3 Å². The van der Waals surface area contributed by atoms with Crippen LogP contribution in [0.15, 0.2) is 441 Å². The molecule has 26 aromatic rings. The predicted octanol–water partition coefficient (Wildman–Crippen LogP) is 37.5. The van der Waals surface area contributed by atoms with E-state index in [9.17, 15) is 0 Å². The summed E-state index contributed by atoms with van der Waals surface area (Å²) in [4.78, 5) is 0. The van der Waals surface area contributed by atoms with Crippen LogP contribution >= 0.6 is 11.3 Å². The normalized spacial score (nSPS) is 20.7. The van der Waals surface area contributed by atoms with Crippen molar-refractivity contribution in [3.05, 3.63) is 459 Å². The molecule has 8 bridgehead atoms. The second kappa shape index (κ2) is 31.1. The first-order valence-corrected chi connectivity index (χ1v) is 53.9. The molecule has 6 heterocycles. The molecule has 20 aromatic carbocycles. The summed E-state index contributed by atoms with van der Waals surface area (Å²) in [6.07, 6.45) is 14.2. The molecule has 0 aliphatic heterocycles. The molecule has 0 atom stereocenters. The van der Waals surface area contributed by atoms with Gasteiger partial charge in [-0.2, -0.15) is 0 Å². The van der Waals surface area contributed by atoms with Crippen molar-refractivity contribution >= 4 is 141 Å². The molecule has 6 aromatic heterocycles. The van der Waals surface area contributed by atoms with Crippen LogP contribution in [0.4, 0.5) is 0 Å². The highest BCUT2D eigenvalue weighted by Crippen LogP contribution is 2.72. The van der Waals surface area contributed by atoms with E-state index in [1.54, 1.807) is 22.3 Å². The lowest BCUT2D eigenvalue weighted by Crippen LogP contribution is -2.55. The van der Waals surface area contributed by atoms with E-state index in [2.05, 4.69) is 449 Å². The highest BCUT2D eigenvalue weighted by atomic mass is 32.1. The van der Waals surface area contributed by atoms with Crippen molar-refractivity contribution in [2.75, 3.05) is 0 Å². The average Bonchev–Trinajstić information content (AvgIpc) is 1.49. The minimum Gasteiger partial charge on any atom is -0.456 e. The van der Waals surface area contributed by atoms with Crippen LogP contribution in [0.3, 0.4) is 0 Å². The molecule has 10 aliphatic carbocycles. The van der Waals surface area contributed by atoms with Crippen LogP contribution in [0.25, 0.3) is 241 Å². The Morgan fingerprint density at radius 1 is 0.178 bits per heavy atom. The molecule has 36 rings (SSSR count). The summed E-state index contributed by atoms with van der Waals surface area (Å²) in [7, 11) is 0. The fourth-order valence-corrected chi connectivity index (χ4v) is 32.6. The van der Waals surface area contributed by atoms with Gasteiger partial charge in [0, 0.05) is 114 Å². The number of benzene rings is 20. The second-order valence-electron chi connectivity index (χ2n) is 44.1. The number of hydrogen-bond acceptors (Lipinski definition) is 2. The third-order valence-corrected chi connectivity index (χ3v) is 38.1. The molecule has 2 spiro atoms. The van der Waals surface area contributed by atoms with Gasteiger partial charge in [0.15, 0.2) is 0 Å². The monoisotopic (exact) mass is 1880 g/mol. The van der Waals surface area contributed by atoms with Crippen molar-refractivity contribution in [1.29, 1.82) is 0 Å². The lowest BCUT2D eigenvalue weighted by molar-refractivity contribution is -0.0399. The maximum Gasteiger partial charge on any atom is 0.137 e. The van der Waals surface area contributed by atoms with Crippen molar-refractivity contribution in [3.8, 4) is 112 Å². The van der Waals surface area contributed by atoms with Gasteiger partial charge in [0.05, 0.1) is 44.1 Å². The first-order valence-electron chi connectivity index (χ1n) is 53.1. The maximum absolute atomic E-state index is 6.42. The van der Waals surface area contributed by atoms with E-state index in [-0.39, 0.29) is 10.8 Å².